The summed E-state index contributed by atoms with van der Waals surface area (Å²) in [4.78, 5) is 6.88. The first-order chi connectivity index (χ1) is 9.13. The number of ether oxygens (including phenoxy) is 1. The Morgan fingerprint density at radius 3 is 2.79 bits per heavy atom. The summed E-state index contributed by atoms with van der Waals surface area (Å²) in [5, 5.41) is 3.53. The summed E-state index contributed by atoms with van der Waals surface area (Å²) in [6.07, 6.45) is 3.90. The second kappa shape index (κ2) is 6.50. The van der Waals surface area contributed by atoms with Crippen molar-refractivity contribution in [1.82, 2.24) is 19.8 Å². The zero-order valence-electron chi connectivity index (χ0n) is 12.4. The minimum absolute atomic E-state index is 0.160. The van der Waals surface area contributed by atoms with Crippen molar-refractivity contribution >= 4 is 0 Å². The van der Waals surface area contributed by atoms with Crippen LogP contribution in [0.15, 0.2) is 12.4 Å². The molecule has 5 nitrogen and oxygen atoms in total. The molecule has 1 aliphatic heterocycles. The minimum atomic E-state index is 0.160. The fraction of sp³-hybridized carbons (Fsp3) is 0.786. The molecule has 1 aromatic heterocycles. The van der Waals surface area contributed by atoms with E-state index in [-0.39, 0.29) is 5.54 Å². The molecule has 0 saturated carbocycles. The van der Waals surface area contributed by atoms with Gasteiger partial charge in [-0.05, 0) is 20.8 Å². The van der Waals surface area contributed by atoms with Gasteiger partial charge in [0.1, 0.15) is 5.82 Å². The smallest absolute Gasteiger partial charge is 0.122 e. The van der Waals surface area contributed by atoms with E-state index in [4.69, 9.17) is 4.74 Å². The molecule has 1 N–H and O–H groups in total. The number of aryl methyl sites for hydroxylation is 1. The van der Waals surface area contributed by atoms with Gasteiger partial charge in [-0.25, -0.2) is 4.98 Å². The predicted octanol–water partition coefficient (Wildman–Crippen LogP) is 1.10. The van der Waals surface area contributed by atoms with Gasteiger partial charge in [-0.1, -0.05) is 0 Å². The van der Waals surface area contributed by atoms with Crippen LogP contribution in [0.4, 0.5) is 0 Å². The lowest BCUT2D eigenvalue weighted by Gasteiger charge is -2.41. The average molecular weight is 266 g/mol. The maximum Gasteiger partial charge on any atom is 0.122 e. The minimum Gasteiger partial charge on any atom is -0.379 e. The van der Waals surface area contributed by atoms with E-state index >= 15 is 0 Å². The molecule has 0 amide bonds. The van der Waals surface area contributed by atoms with Crippen molar-refractivity contribution < 1.29 is 4.74 Å². The zero-order chi connectivity index (χ0) is 13.7. The molecule has 0 radical (unpaired) electrons. The third-order valence-corrected chi connectivity index (χ3v) is 3.85. The van der Waals surface area contributed by atoms with Crippen LogP contribution in [0.25, 0.3) is 0 Å². The van der Waals surface area contributed by atoms with Crippen LogP contribution < -0.4 is 5.32 Å². The van der Waals surface area contributed by atoms with Gasteiger partial charge in [-0.3, -0.25) is 4.90 Å². The first kappa shape index (κ1) is 14.5. The summed E-state index contributed by atoms with van der Waals surface area (Å²) in [6, 6.07) is 0. The Hall–Kier alpha value is -0.910. The van der Waals surface area contributed by atoms with Crippen LogP contribution in [0.5, 0.6) is 0 Å². The first-order valence-electron chi connectivity index (χ1n) is 7.17. The molecule has 2 heterocycles. The topological polar surface area (TPSA) is 42.3 Å². The highest BCUT2D eigenvalue weighted by atomic mass is 16.5. The highest BCUT2D eigenvalue weighted by Crippen LogP contribution is 2.15. The lowest BCUT2D eigenvalue weighted by molar-refractivity contribution is -0.00972. The fourth-order valence-electron chi connectivity index (χ4n) is 2.56. The molecule has 0 aliphatic carbocycles. The Bertz CT molecular complexity index is 383. The van der Waals surface area contributed by atoms with E-state index in [1.165, 1.54) is 0 Å². The van der Waals surface area contributed by atoms with Crippen molar-refractivity contribution in [2.45, 2.75) is 39.4 Å². The van der Waals surface area contributed by atoms with Gasteiger partial charge in [0, 0.05) is 44.1 Å². The fourth-order valence-corrected chi connectivity index (χ4v) is 2.56. The van der Waals surface area contributed by atoms with E-state index < -0.39 is 0 Å². The molecule has 0 bridgehead atoms. The van der Waals surface area contributed by atoms with Gasteiger partial charge in [0.05, 0.1) is 19.8 Å². The number of hydrogen-bond donors (Lipinski definition) is 1. The monoisotopic (exact) mass is 266 g/mol. The molecule has 1 aromatic rings. The second-order valence-electron chi connectivity index (χ2n) is 5.64. The number of rotatable bonds is 6. The summed E-state index contributed by atoms with van der Waals surface area (Å²) in [6.45, 7) is 13.2. The van der Waals surface area contributed by atoms with E-state index in [0.29, 0.717) is 0 Å². The summed E-state index contributed by atoms with van der Waals surface area (Å²) < 4.78 is 7.59. The van der Waals surface area contributed by atoms with E-state index in [0.717, 1.165) is 51.8 Å². The van der Waals surface area contributed by atoms with E-state index in [1.807, 2.05) is 12.4 Å². The Kier molecular flexibility index (Phi) is 4.96. The van der Waals surface area contributed by atoms with E-state index in [2.05, 4.69) is 40.5 Å². The van der Waals surface area contributed by atoms with Crippen molar-refractivity contribution in [1.29, 1.82) is 0 Å². The molecular formula is C14H26N4O. The largest absolute Gasteiger partial charge is 0.379 e. The predicted molar refractivity (Wildman–Crippen MR) is 76.1 cm³/mol. The average Bonchev–Trinajstić information content (AvgIpc) is 2.87. The molecule has 2 rings (SSSR count). The second-order valence-corrected chi connectivity index (χ2v) is 5.64. The molecule has 1 aliphatic rings. The number of imidazole rings is 1. The molecular weight excluding hydrogens is 240 g/mol. The quantitative estimate of drug-likeness (QED) is 0.837. The van der Waals surface area contributed by atoms with Crippen molar-refractivity contribution in [3.05, 3.63) is 18.2 Å². The molecule has 1 fully saturated rings. The number of nitrogens with zero attached hydrogens (tertiary/aromatic N) is 3. The van der Waals surface area contributed by atoms with Gasteiger partial charge < -0.3 is 14.6 Å². The van der Waals surface area contributed by atoms with Gasteiger partial charge >= 0.3 is 0 Å². The van der Waals surface area contributed by atoms with Gasteiger partial charge in [0.25, 0.3) is 0 Å². The van der Waals surface area contributed by atoms with Crippen LogP contribution in [0.2, 0.25) is 0 Å². The van der Waals surface area contributed by atoms with E-state index in [9.17, 15) is 0 Å². The van der Waals surface area contributed by atoms with Gasteiger partial charge in [-0.15, -0.1) is 0 Å². The van der Waals surface area contributed by atoms with Gasteiger partial charge in [0.15, 0.2) is 0 Å². The lowest BCUT2D eigenvalue weighted by Crippen LogP contribution is -2.54. The van der Waals surface area contributed by atoms with Crippen molar-refractivity contribution in [2.75, 3.05) is 32.8 Å². The van der Waals surface area contributed by atoms with Crippen LogP contribution >= 0.6 is 0 Å². The summed E-state index contributed by atoms with van der Waals surface area (Å²) in [5.74, 6) is 1.11. The molecule has 0 unspecified atom stereocenters. The van der Waals surface area contributed by atoms with Gasteiger partial charge in [0.2, 0.25) is 0 Å². The van der Waals surface area contributed by atoms with Crippen LogP contribution in [0.1, 0.15) is 26.6 Å². The summed E-state index contributed by atoms with van der Waals surface area (Å²) in [5.41, 5.74) is 0.160. The normalized spacial score (nSPS) is 17.8. The number of morpholine rings is 1. The lowest BCUT2D eigenvalue weighted by atomic mass is 10.0. The Morgan fingerprint density at radius 1 is 1.37 bits per heavy atom. The molecule has 5 heteroatoms. The van der Waals surface area contributed by atoms with Crippen LogP contribution in [-0.2, 0) is 17.8 Å². The molecule has 0 spiro atoms. The Labute approximate surface area is 116 Å². The molecule has 1 saturated heterocycles. The number of aromatic nitrogens is 2. The molecule has 19 heavy (non-hydrogen) atoms. The number of hydrogen-bond acceptors (Lipinski definition) is 4. The maximum absolute atomic E-state index is 5.41. The standard InChI is InChI=1S/C14H26N4O/c1-4-17-6-5-16-13(17)11-15-12-14(2,3)18-7-9-19-10-8-18/h5-6,15H,4,7-12H2,1-3H3. The number of nitrogens with one attached hydrogen (secondary N) is 1. The van der Waals surface area contributed by atoms with Crippen LogP contribution in [0.3, 0.4) is 0 Å². The van der Waals surface area contributed by atoms with Crippen LogP contribution in [-0.4, -0.2) is 52.8 Å². The Morgan fingerprint density at radius 2 is 2.11 bits per heavy atom. The van der Waals surface area contributed by atoms with Crippen molar-refractivity contribution in [3.63, 3.8) is 0 Å². The van der Waals surface area contributed by atoms with Crippen molar-refractivity contribution in [2.24, 2.45) is 0 Å². The summed E-state index contributed by atoms with van der Waals surface area (Å²) >= 11 is 0. The third kappa shape index (κ3) is 3.78. The maximum atomic E-state index is 5.41. The SMILES string of the molecule is CCn1ccnc1CNCC(C)(C)N1CCOCC1. The third-order valence-electron chi connectivity index (χ3n) is 3.85. The highest BCUT2D eigenvalue weighted by Gasteiger charge is 2.27. The molecule has 108 valence electrons. The highest BCUT2D eigenvalue weighted by molar-refractivity contribution is 4.93. The van der Waals surface area contributed by atoms with Crippen molar-refractivity contribution in [3.8, 4) is 0 Å². The molecule has 0 atom stereocenters. The zero-order valence-corrected chi connectivity index (χ0v) is 12.4. The van der Waals surface area contributed by atoms with E-state index in [1.54, 1.807) is 0 Å². The van der Waals surface area contributed by atoms with Gasteiger partial charge in [-0.2, -0.15) is 0 Å². The first-order valence-corrected chi connectivity index (χ1v) is 7.17. The Balaban J connectivity index is 1.80. The van der Waals surface area contributed by atoms with Crippen LogP contribution in [0, 0.1) is 0 Å². The summed E-state index contributed by atoms with van der Waals surface area (Å²) in [7, 11) is 0. The molecule has 0 aromatic carbocycles.